The first-order chi connectivity index (χ1) is 10.1. The number of carbonyl (C=O) groups excluding carboxylic acids is 1. The zero-order chi connectivity index (χ0) is 14.8. The van der Waals surface area contributed by atoms with Crippen molar-refractivity contribution in [3.63, 3.8) is 0 Å². The minimum atomic E-state index is 0.165. The number of amides is 1. The van der Waals surface area contributed by atoms with E-state index in [0.29, 0.717) is 6.04 Å². The average Bonchev–Trinajstić information content (AvgIpc) is 3.11. The van der Waals surface area contributed by atoms with Gasteiger partial charge in [0.25, 0.3) is 0 Å². The molecule has 2 aromatic rings. The van der Waals surface area contributed by atoms with Crippen molar-refractivity contribution in [2.24, 2.45) is 0 Å². The third-order valence-electron chi connectivity index (χ3n) is 4.66. The number of aromatic amines is 1. The molecule has 1 aliphatic rings. The summed E-state index contributed by atoms with van der Waals surface area (Å²) in [6.45, 7) is 4.79. The van der Waals surface area contributed by atoms with Crippen molar-refractivity contribution < 1.29 is 4.79 Å². The number of benzene rings is 1. The first kappa shape index (κ1) is 14.1. The largest absolute Gasteiger partial charge is 0.361 e. The van der Waals surface area contributed by atoms with Gasteiger partial charge in [-0.05, 0) is 24.5 Å². The quantitative estimate of drug-likeness (QED) is 0.936. The fourth-order valence-corrected chi connectivity index (χ4v) is 3.21. The second-order valence-electron chi connectivity index (χ2n) is 5.98. The van der Waals surface area contributed by atoms with Gasteiger partial charge in [-0.15, -0.1) is 0 Å². The second kappa shape index (κ2) is 5.90. The highest BCUT2D eigenvalue weighted by Gasteiger charge is 2.26. The summed E-state index contributed by atoms with van der Waals surface area (Å²) < 4.78 is 0. The van der Waals surface area contributed by atoms with Crippen molar-refractivity contribution in [3.05, 3.63) is 36.0 Å². The topological polar surface area (TPSA) is 39.3 Å². The number of aromatic nitrogens is 1. The molecule has 1 aromatic heterocycles. The van der Waals surface area contributed by atoms with Crippen molar-refractivity contribution in [1.29, 1.82) is 0 Å². The third-order valence-corrected chi connectivity index (χ3v) is 4.66. The molecule has 112 valence electrons. The Balaban J connectivity index is 1.58. The van der Waals surface area contributed by atoms with Crippen LogP contribution in [-0.2, 0) is 11.2 Å². The van der Waals surface area contributed by atoms with Crippen LogP contribution in [0.4, 0.5) is 0 Å². The van der Waals surface area contributed by atoms with Gasteiger partial charge in [0.15, 0.2) is 0 Å². The number of carbonyl (C=O) groups is 1. The number of H-pyrrole nitrogens is 1. The van der Waals surface area contributed by atoms with Crippen LogP contribution in [0, 0.1) is 0 Å². The predicted molar refractivity (Wildman–Crippen MR) is 85.3 cm³/mol. The zero-order valence-electron chi connectivity index (χ0n) is 12.8. The fourth-order valence-electron chi connectivity index (χ4n) is 3.21. The van der Waals surface area contributed by atoms with Crippen LogP contribution in [0.25, 0.3) is 10.9 Å². The molecule has 0 spiro atoms. The average molecular weight is 285 g/mol. The van der Waals surface area contributed by atoms with E-state index in [4.69, 9.17) is 0 Å². The molecule has 1 N–H and O–H groups in total. The lowest BCUT2D eigenvalue weighted by Crippen LogP contribution is -2.37. The molecule has 1 amide bonds. The van der Waals surface area contributed by atoms with Gasteiger partial charge in [-0.25, -0.2) is 0 Å². The highest BCUT2D eigenvalue weighted by molar-refractivity contribution is 5.83. The Hall–Kier alpha value is -1.81. The summed E-state index contributed by atoms with van der Waals surface area (Å²) in [5, 5.41) is 1.33. The molecule has 4 heteroatoms. The first-order valence-electron chi connectivity index (χ1n) is 7.66. The second-order valence-corrected chi connectivity index (χ2v) is 5.98. The summed E-state index contributed by atoms with van der Waals surface area (Å²) in [5.41, 5.74) is 2.59. The van der Waals surface area contributed by atoms with Crippen molar-refractivity contribution in [3.8, 4) is 0 Å². The molecule has 1 aromatic carbocycles. The molecule has 21 heavy (non-hydrogen) atoms. The van der Waals surface area contributed by atoms with Crippen LogP contribution in [0.2, 0.25) is 0 Å². The molecule has 1 aliphatic heterocycles. The molecule has 1 fully saturated rings. The number of likely N-dealkylation sites (tertiary alicyclic amines) is 1. The van der Waals surface area contributed by atoms with Gasteiger partial charge in [-0.1, -0.05) is 18.2 Å². The molecule has 0 unspecified atom stereocenters. The lowest BCUT2D eigenvalue weighted by atomic mass is 10.1. The summed E-state index contributed by atoms with van der Waals surface area (Å²) in [5.74, 6) is 0.165. The van der Waals surface area contributed by atoms with E-state index in [1.165, 1.54) is 16.5 Å². The standard InChI is InChI=1S/C17H23N3O/c1-13(21)19(2)15-8-10-20(12-15)9-7-14-11-18-17-6-4-3-5-16(14)17/h3-6,11,15,18H,7-10,12H2,1-2H3/t15-/m1/s1. The highest BCUT2D eigenvalue weighted by atomic mass is 16.2. The van der Waals surface area contributed by atoms with E-state index in [1.807, 2.05) is 11.9 Å². The highest BCUT2D eigenvalue weighted by Crippen LogP contribution is 2.20. The van der Waals surface area contributed by atoms with Crippen LogP contribution in [-0.4, -0.2) is 53.4 Å². The molecule has 4 nitrogen and oxygen atoms in total. The molecule has 0 aliphatic carbocycles. The Morgan fingerprint density at radius 3 is 3.05 bits per heavy atom. The van der Waals surface area contributed by atoms with Gasteiger partial charge in [-0.2, -0.15) is 0 Å². The Kier molecular flexibility index (Phi) is 3.97. The van der Waals surface area contributed by atoms with E-state index in [9.17, 15) is 4.79 Å². The summed E-state index contributed by atoms with van der Waals surface area (Å²) >= 11 is 0. The molecule has 0 radical (unpaired) electrons. The van der Waals surface area contributed by atoms with Crippen LogP contribution in [0.15, 0.2) is 30.5 Å². The number of hydrogen-bond donors (Lipinski definition) is 1. The summed E-state index contributed by atoms with van der Waals surface area (Å²) in [6, 6.07) is 8.83. The lowest BCUT2D eigenvalue weighted by molar-refractivity contribution is -0.129. The van der Waals surface area contributed by atoms with Gasteiger partial charge < -0.3 is 14.8 Å². The van der Waals surface area contributed by atoms with Gasteiger partial charge in [0.05, 0.1) is 0 Å². The lowest BCUT2D eigenvalue weighted by Gasteiger charge is -2.23. The molecule has 1 saturated heterocycles. The van der Waals surface area contributed by atoms with Gasteiger partial charge in [0.2, 0.25) is 5.91 Å². The van der Waals surface area contributed by atoms with Crippen LogP contribution >= 0.6 is 0 Å². The van der Waals surface area contributed by atoms with Crippen LogP contribution in [0.3, 0.4) is 0 Å². The monoisotopic (exact) mass is 285 g/mol. The van der Waals surface area contributed by atoms with Gasteiger partial charge >= 0.3 is 0 Å². The van der Waals surface area contributed by atoms with E-state index in [2.05, 4.69) is 40.3 Å². The summed E-state index contributed by atoms with van der Waals surface area (Å²) in [4.78, 5) is 19.1. The summed E-state index contributed by atoms with van der Waals surface area (Å²) in [6.07, 6.45) is 4.27. The number of nitrogens with one attached hydrogen (secondary N) is 1. The zero-order valence-corrected chi connectivity index (χ0v) is 12.8. The number of para-hydroxylation sites is 1. The van der Waals surface area contributed by atoms with Crippen LogP contribution in [0.5, 0.6) is 0 Å². The SMILES string of the molecule is CC(=O)N(C)[C@@H]1CCN(CCc2c[nH]c3ccccc23)C1. The predicted octanol–water partition coefficient (Wildman–Crippen LogP) is 2.26. The van der Waals surface area contributed by atoms with E-state index in [-0.39, 0.29) is 5.91 Å². The molecular weight excluding hydrogens is 262 g/mol. The number of rotatable bonds is 4. The van der Waals surface area contributed by atoms with Gasteiger partial charge in [-0.3, -0.25) is 4.79 Å². The van der Waals surface area contributed by atoms with E-state index in [1.54, 1.807) is 6.92 Å². The number of nitrogens with zero attached hydrogens (tertiary/aromatic N) is 2. The smallest absolute Gasteiger partial charge is 0.219 e. The van der Waals surface area contributed by atoms with Gasteiger partial charge in [0.1, 0.15) is 0 Å². The normalized spacial score (nSPS) is 19.2. The minimum Gasteiger partial charge on any atom is -0.361 e. The maximum atomic E-state index is 11.4. The van der Waals surface area contributed by atoms with E-state index < -0.39 is 0 Å². The fraction of sp³-hybridized carbons (Fsp3) is 0.471. The summed E-state index contributed by atoms with van der Waals surface area (Å²) in [7, 11) is 1.91. The third kappa shape index (κ3) is 2.95. The number of fused-ring (bicyclic) bond motifs is 1. The molecule has 1 atom stereocenters. The molecular formula is C17H23N3O. The van der Waals surface area contributed by atoms with Gasteiger partial charge in [0, 0.05) is 56.7 Å². The maximum Gasteiger partial charge on any atom is 0.219 e. The Morgan fingerprint density at radius 1 is 1.43 bits per heavy atom. The van der Waals surface area contributed by atoms with Crippen LogP contribution < -0.4 is 0 Å². The van der Waals surface area contributed by atoms with Crippen molar-refractivity contribution in [1.82, 2.24) is 14.8 Å². The van der Waals surface area contributed by atoms with Crippen LogP contribution in [0.1, 0.15) is 18.9 Å². The maximum absolute atomic E-state index is 11.4. The Bertz CT molecular complexity index is 634. The first-order valence-corrected chi connectivity index (χ1v) is 7.66. The molecule has 2 heterocycles. The van der Waals surface area contributed by atoms with Crippen molar-refractivity contribution in [2.45, 2.75) is 25.8 Å². The minimum absolute atomic E-state index is 0.165. The van der Waals surface area contributed by atoms with E-state index in [0.717, 1.165) is 32.5 Å². The Morgan fingerprint density at radius 2 is 2.24 bits per heavy atom. The molecule has 0 bridgehead atoms. The molecule has 0 saturated carbocycles. The van der Waals surface area contributed by atoms with Crippen molar-refractivity contribution in [2.75, 3.05) is 26.7 Å². The molecule has 3 rings (SSSR count). The van der Waals surface area contributed by atoms with Crippen molar-refractivity contribution >= 4 is 16.8 Å². The van der Waals surface area contributed by atoms with E-state index >= 15 is 0 Å². The number of likely N-dealkylation sites (N-methyl/N-ethyl adjacent to an activating group) is 1. The number of hydrogen-bond acceptors (Lipinski definition) is 2. The Labute approximate surface area is 125 Å².